The summed E-state index contributed by atoms with van der Waals surface area (Å²) in [6, 6.07) is 20.8. The third kappa shape index (κ3) is 6.16. The number of aliphatic imine (C=N–C) groups is 1. The number of rotatable bonds is 11. The van der Waals surface area contributed by atoms with Crippen LogP contribution in [0.1, 0.15) is 35.3 Å². The molecule has 0 aliphatic rings. The van der Waals surface area contributed by atoms with Gasteiger partial charge in [-0.1, -0.05) is 48.5 Å². The first-order valence-corrected chi connectivity index (χ1v) is 11.0. The Morgan fingerprint density at radius 2 is 1.50 bits per heavy atom. The van der Waals surface area contributed by atoms with Gasteiger partial charge in [0, 0.05) is 12.0 Å². The maximum absolute atomic E-state index is 13.0. The normalized spacial score (nSPS) is 11.3. The topological polar surface area (TPSA) is 66.4 Å². The lowest BCUT2D eigenvalue weighted by Gasteiger charge is -2.22. The van der Waals surface area contributed by atoms with E-state index in [4.69, 9.17) is 18.9 Å². The fourth-order valence-electron chi connectivity index (χ4n) is 3.65. The first-order valence-electron chi connectivity index (χ1n) is 11.0. The van der Waals surface area contributed by atoms with Crippen LogP contribution in [0.2, 0.25) is 0 Å². The van der Waals surface area contributed by atoms with E-state index in [1.165, 1.54) is 6.21 Å². The lowest BCUT2D eigenvalue weighted by Crippen LogP contribution is -2.22. The van der Waals surface area contributed by atoms with E-state index >= 15 is 0 Å². The number of nitrogens with zero attached hydrogens (tertiary/aromatic N) is 1. The van der Waals surface area contributed by atoms with Crippen LogP contribution in [0.4, 0.5) is 0 Å². The number of ketones is 1. The van der Waals surface area contributed by atoms with Crippen LogP contribution in [0.3, 0.4) is 0 Å². The van der Waals surface area contributed by atoms with Crippen molar-refractivity contribution in [1.29, 1.82) is 0 Å². The van der Waals surface area contributed by atoms with Gasteiger partial charge in [-0.3, -0.25) is 9.79 Å². The fourth-order valence-corrected chi connectivity index (χ4v) is 3.65. The summed E-state index contributed by atoms with van der Waals surface area (Å²) in [5, 5.41) is 0. The van der Waals surface area contributed by atoms with Crippen LogP contribution in [0, 0.1) is 0 Å². The van der Waals surface area contributed by atoms with E-state index in [0.717, 1.165) is 11.1 Å². The molecule has 6 nitrogen and oxygen atoms in total. The minimum absolute atomic E-state index is 0.212. The molecule has 6 heteroatoms. The second-order valence-electron chi connectivity index (χ2n) is 8.38. The summed E-state index contributed by atoms with van der Waals surface area (Å²) in [7, 11) is 4.74. The molecular formula is C28H31NO5. The number of carbonyl (C=O) groups excluding carboxylic acids is 1. The Labute approximate surface area is 201 Å². The van der Waals surface area contributed by atoms with Gasteiger partial charge in [0.05, 0.1) is 38.6 Å². The summed E-state index contributed by atoms with van der Waals surface area (Å²) < 4.78 is 22.4. The molecule has 178 valence electrons. The Bertz CT molecular complexity index is 1140. The number of carbonyl (C=O) groups is 1. The van der Waals surface area contributed by atoms with Crippen molar-refractivity contribution in [2.75, 3.05) is 21.3 Å². The van der Waals surface area contributed by atoms with Crippen molar-refractivity contribution in [3.05, 3.63) is 83.4 Å². The van der Waals surface area contributed by atoms with E-state index in [1.54, 1.807) is 33.5 Å². The smallest absolute Gasteiger partial charge is 0.207 e. The number of benzene rings is 3. The molecule has 3 aromatic rings. The van der Waals surface area contributed by atoms with Gasteiger partial charge in [0.25, 0.3) is 0 Å². The third-order valence-electron chi connectivity index (χ3n) is 5.33. The quantitative estimate of drug-likeness (QED) is 0.276. The Morgan fingerprint density at radius 3 is 2.18 bits per heavy atom. The predicted octanol–water partition coefficient (Wildman–Crippen LogP) is 5.57. The molecule has 0 heterocycles. The minimum atomic E-state index is -0.567. The standard InChI is InChI=1S/C28H31NO5/c1-28(2,17-21-15-16-25(31-3)27(33-5)26(21)32-4)29-18-23(30)22-13-9-10-14-24(22)34-19-20-11-7-6-8-12-20/h6-16,18H,17,19H2,1-5H3/b29-18+. The third-order valence-corrected chi connectivity index (χ3v) is 5.33. The van der Waals surface area contributed by atoms with Gasteiger partial charge in [-0.05, 0) is 37.6 Å². The van der Waals surface area contributed by atoms with Crippen molar-refractivity contribution in [3.63, 3.8) is 0 Å². The van der Waals surface area contributed by atoms with E-state index in [0.29, 0.717) is 41.6 Å². The second-order valence-corrected chi connectivity index (χ2v) is 8.38. The molecule has 0 N–H and O–H groups in total. The molecule has 34 heavy (non-hydrogen) atoms. The van der Waals surface area contributed by atoms with Crippen LogP contribution >= 0.6 is 0 Å². The molecule has 0 aromatic heterocycles. The SMILES string of the molecule is COc1ccc(CC(C)(C)/N=C/C(=O)c2ccccc2OCc2ccccc2)c(OC)c1OC. The summed E-state index contributed by atoms with van der Waals surface area (Å²) in [5.41, 5.74) is 1.84. The molecule has 0 bridgehead atoms. The van der Waals surface area contributed by atoms with Gasteiger partial charge in [-0.25, -0.2) is 0 Å². The van der Waals surface area contributed by atoms with Crippen molar-refractivity contribution in [2.45, 2.75) is 32.4 Å². The molecule has 0 saturated carbocycles. The molecule has 0 fully saturated rings. The number of hydrogen-bond donors (Lipinski definition) is 0. The van der Waals surface area contributed by atoms with Crippen molar-refractivity contribution in [2.24, 2.45) is 4.99 Å². The number of para-hydroxylation sites is 1. The Balaban J connectivity index is 1.76. The zero-order chi connectivity index (χ0) is 24.6. The number of ether oxygens (including phenoxy) is 4. The van der Waals surface area contributed by atoms with Gasteiger partial charge < -0.3 is 18.9 Å². The zero-order valence-electron chi connectivity index (χ0n) is 20.3. The lowest BCUT2D eigenvalue weighted by atomic mass is 9.94. The molecule has 0 radical (unpaired) electrons. The van der Waals surface area contributed by atoms with Gasteiger partial charge in [0.15, 0.2) is 11.5 Å². The molecule has 0 saturated heterocycles. The Kier molecular flexibility index (Phi) is 8.30. The summed E-state index contributed by atoms with van der Waals surface area (Å²) in [5.74, 6) is 2.03. The maximum atomic E-state index is 13.0. The van der Waals surface area contributed by atoms with Crippen molar-refractivity contribution >= 4 is 12.0 Å². The highest BCUT2D eigenvalue weighted by Crippen LogP contribution is 2.41. The number of hydrogen-bond acceptors (Lipinski definition) is 6. The van der Waals surface area contributed by atoms with E-state index in [-0.39, 0.29) is 5.78 Å². The van der Waals surface area contributed by atoms with Crippen LogP contribution in [0.15, 0.2) is 71.7 Å². The highest BCUT2D eigenvalue weighted by Gasteiger charge is 2.23. The van der Waals surface area contributed by atoms with Crippen LogP contribution in [-0.4, -0.2) is 38.9 Å². The minimum Gasteiger partial charge on any atom is -0.493 e. The second kappa shape index (κ2) is 11.4. The van der Waals surface area contributed by atoms with E-state index in [1.807, 2.05) is 68.4 Å². The molecule has 0 amide bonds. The monoisotopic (exact) mass is 461 g/mol. The summed E-state index contributed by atoms with van der Waals surface area (Å²) in [6.45, 7) is 4.31. The predicted molar refractivity (Wildman–Crippen MR) is 134 cm³/mol. The summed E-state index contributed by atoms with van der Waals surface area (Å²) in [6.07, 6.45) is 1.91. The maximum Gasteiger partial charge on any atom is 0.207 e. The Morgan fingerprint density at radius 1 is 0.824 bits per heavy atom. The van der Waals surface area contributed by atoms with Crippen molar-refractivity contribution in [1.82, 2.24) is 0 Å². The fraction of sp³-hybridized carbons (Fsp3) is 0.286. The Hall–Kier alpha value is -3.80. The van der Waals surface area contributed by atoms with Crippen molar-refractivity contribution in [3.8, 4) is 23.0 Å². The van der Waals surface area contributed by atoms with E-state index in [2.05, 4.69) is 4.99 Å². The van der Waals surface area contributed by atoms with Gasteiger partial charge in [-0.15, -0.1) is 0 Å². The average molecular weight is 462 g/mol. The molecule has 0 aliphatic carbocycles. The number of Topliss-reactive ketones (excluding diaryl/α,β-unsaturated/α-hetero) is 1. The first kappa shape index (κ1) is 24.8. The van der Waals surface area contributed by atoms with Crippen molar-refractivity contribution < 1.29 is 23.7 Å². The van der Waals surface area contributed by atoms with E-state index in [9.17, 15) is 4.79 Å². The van der Waals surface area contributed by atoms with Crippen LogP contribution < -0.4 is 18.9 Å². The van der Waals surface area contributed by atoms with Gasteiger partial charge in [0.2, 0.25) is 11.5 Å². The molecule has 3 rings (SSSR count). The molecule has 0 atom stereocenters. The highest BCUT2D eigenvalue weighted by atomic mass is 16.5. The average Bonchev–Trinajstić information content (AvgIpc) is 2.86. The molecule has 3 aromatic carbocycles. The first-order chi connectivity index (χ1) is 16.4. The number of methoxy groups -OCH3 is 3. The van der Waals surface area contributed by atoms with Gasteiger partial charge in [0.1, 0.15) is 12.4 Å². The van der Waals surface area contributed by atoms with Crippen LogP contribution in [-0.2, 0) is 13.0 Å². The molecule has 0 spiro atoms. The molecular weight excluding hydrogens is 430 g/mol. The lowest BCUT2D eigenvalue weighted by molar-refractivity contribution is 0.106. The summed E-state index contributed by atoms with van der Waals surface area (Å²) in [4.78, 5) is 17.6. The van der Waals surface area contributed by atoms with Crippen LogP contribution in [0.25, 0.3) is 0 Å². The largest absolute Gasteiger partial charge is 0.493 e. The summed E-state index contributed by atoms with van der Waals surface area (Å²) >= 11 is 0. The van der Waals surface area contributed by atoms with Crippen LogP contribution in [0.5, 0.6) is 23.0 Å². The highest BCUT2D eigenvalue weighted by molar-refractivity contribution is 6.36. The van der Waals surface area contributed by atoms with Gasteiger partial charge in [-0.2, -0.15) is 0 Å². The van der Waals surface area contributed by atoms with Gasteiger partial charge >= 0.3 is 0 Å². The zero-order valence-corrected chi connectivity index (χ0v) is 20.3. The molecule has 0 aliphatic heterocycles. The van der Waals surface area contributed by atoms with E-state index < -0.39 is 5.54 Å². The molecule has 0 unspecified atom stereocenters.